The lowest BCUT2D eigenvalue weighted by Crippen LogP contribution is -2.57. The third-order valence-electron chi connectivity index (χ3n) is 8.88. The van der Waals surface area contributed by atoms with Gasteiger partial charge in [0, 0.05) is 26.6 Å². The van der Waals surface area contributed by atoms with Crippen LogP contribution in [0.4, 0.5) is 0 Å². The third kappa shape index (κ3) is 10.3. The predicted molar refractivity (Wildman–Crippen MR) is 181 cm³/mol. The van der Waals surface area contributed by atoms with Gasteiger partial charge in [0.05, 0.1) is 12.2 Å². The van der Waals surface area contributed by atoms with Crippen molar-refractivity contribution in [2.75, 3.05) is 33.4 Å². The molecule has 1 fully saturated rings. The summed E-state index contributed by atoms with van der Waals surface area (Å²) >= 11 is 0. The lowest BCUT2D eigenvalue weighted by Gasteiger charge is -2.34. The van der Waals surface area contributed by atoms with Crippen LogP contribution in [0, 0.1) is 5.92 Å². The highest BCUT2D eigenvalue weighted by atomic mass is 16.6. The molecule has 260 valence electrons. The van der Waals surface area contributed by atoms with Crippen LogP contribution in [0.25, 0.3) is 0 Å². The van der Waals surface area contributed by atoms with E-state index in [0.717, 1.165) is 31.2 Å². The number of hydrogen-bond acceptors (Lipinski definition) is 7. The van der Waals surface area contributed by atoms with Gasteiger partial charge in [0.15, 0.2) is 6.61 Å². The van der Waals surface area contributed by atoms with E-state index in [9.17, 15) is 24.0 Å². The highest BCUT2D eigenvalue weighted by molar-refractivity contribution is 6.00. The lowest BCUT2D eigenvalue weighted by molar-refractivity contribution is -0.147. The molecular weight excluding hydrogens is 612 g/mol. The Hall–Kier alpha value is -4.41. The van der Waals surface area contributed by atoms with Crippen molar-refractivity contribution in [1.82, 2.24) is 20.4 Å². The highest BCUT2D eigenvalue weighted by Crippen LogP contribution is 2.24. The van der Waals surface area contributed by atoms with E-state index >= 15 is 0 Å². The standard InChI is InChI=1S/C37H50N4O7/c1-26(2)23-29-36(45)41-21-14-18-30(41)37(46)40(3)31(24-27-15-8-7-9-16-27)35(44)38-20-12-5-4-6-13-22-47-33(42)25-48-32-19-11-10-17-28(32)34(43)39-29/h7-11,15-17,19,26,29-31H,4-6,12-14,18,20-25H2,1-3H3,(H,38,44)(H,39,43)/t29-,30-,31+/m1/s1. The molecule has 0 bridgehead atoms. The molecule has 2 aromatic carbocycles. The second-order valence-electron chi connectivity index (χ2n) is 13.1. The minimum atomic E-state index is -0.900. The smallest absolute Gasteiger partial charge is 0.344 e. The monoisotopic (exact) mass is 662 g/mol. The van der Waals surface area contributed by atoms with Crippen molar-refractivity contribution >= 4 is 29.6 Å². The zero-order chi connectivity index (χ0) is 34.5. The second-order valence-corrected chi connectivity index (χ2v) is 13.1. The van der Waals surface area contributed by atoms with E-state index in [1.165, 1.54) is 4.90 Å². The normalized spacial score (nSPS) is 22.9. The van der Waals surface area contributed by atoms with Gasteiger partial charge in [0.25, 0.3) is 5.91 Å². The number of hydrogen-bond donors (Lipinski definition) is 2. The Morgan fingerprint density at radius 3 is 2.31 bits per heavy atom. The largest absolute Gasteiger partial charge is 0.481 e. The number of carbonyl (C=O) groups excluding carboxylic acids is 5. The van der Waals surface area contributed by atoms with Crippen molar-refractivity contribution < 1.29 is 33.4 Å². The zero-order valence-corrected chi connectivity index (χ0v) is 28.5. The molecule has 11 nitrogen and oxygen atoms in total. The molecule has 0 aliphatic carbocycles. The Balaban J connectivity index is 1.60. The summed E-state index contributed by atoms with van der Waals surface area (Å²) in [5.41, 5.74) is 1.11. The molecule has 0 aromatic heterocycles. The number of fused-ring (bicyclic) bond motifs is 2. The molecular formula is C37H50N4O7. The number of nitrogens with zero attached hydrogens (tertiary/aromatic N) is 2. The van der Waals surface area contributed by atoms with Gasteiger partial charge in [-0.1, -0.05) is 75.6 Å². The molecule has 3 atom stereocenters. The van der Waals surface area contributed by atoms with Crippen molar-refractivity contribution in [3.8, 4) is 5.75 Å². The first kappa shape index (κ1) is 36.4. The molecule has 2 aliphatic heterocycles. The number of para-hydroxylation sites is 1. The first-order valence-electron chi connectivity index (χ1n) is 17.2. The summed E-state index contributed by atoms with van der Waals surface area (Å²) in [4.78, 5) is 70.8. The fraction of sp³-hybridized carbons (Fsp3) is 0.541. The maximum atomic E-state index is 14.1. The number of ether oxygens (including phenoxy) is 2. The maximum Gasteiger partial charge on any atom is 0.344 e. The predicted octanol–water partition coefficient (Wildman–Crippen LogP) is 3.89. The number of nitrogens with one attached hydrogen (secondary N) is 2. The summed E-state index contributed by atoms with van der Waals surface area (Å²) in [5, 5.41) is 5.91. The van der Waals surface area contributed by atoms with E-state index in [1.807, 2.05) is 44.2 Å². The van der Waals surface area contributed by atoms with Crippen molar-refractivity contribution in [2.45, 2.75) is 89.8 Å². The molecule has 0 saturated carbocycles. The molecule has 4 amide bonds. The van der Waals surface area contributed by atoms with E-state index in [1.54, 1.807) is 36.2 Å². The number of carbonyl (C=O) groups is 5. The minimum Gasteiger partial charge on any atom is -0.481 e. The van der Waals surface area contributed by atoms with Gasteiger partial charge in [-0.15, -0.1) is 0 Å². The average molecular weight is 663 g/mol. The molecule has 11 heteroatoms. The van der Waals surface area contributed by atoms with Crippen LogP contribution in [0.5, 0.6) is 5.75 Å². The summed E-state index contributed by atoms with van der Waals surface area (Å²) in [6.45, 7) is 4.67. The molecule has 2 N–H and O–H groups in total. The van der Waals surface area contributed by atoms with Crippen LogP contribution in [0.3, 0.4) is 0 Å². The molecule has 0 spiro atoms. The van der Waals surface area contributed by atoms with E-state index in [-0.39, 0.29) is 48.2 Å². The fourth-order valence-electron chi connectivity index (χ4n) is 6.28. The Labute approximate surface area is 283 Å². The van der Waals surface area contributed by atoms with Crippen molar-refractivity contribution in [1.29, 1.82) is 0 Å². The number of benzene rings is 2. The van der Waals surface area contributed by atoms with Gasteiger partial charge >= 0.3 is 5.97 Å². The van der Waals surface area contributed by atoms with Crippen LogP contribution in [0.1, 0.15) is 81.1 Å². The highest BCUT2D eigenvalue weighted by Gasteiger charge is 2.41. The molecule has 2 aliphatic rings. The summed E-state index contributed by atoms with van der Waals surface area (Å²) in [5.74, 6) is -1.67. The van der Waals surface area contributed by atoms with Gasteiger partial charge in [-0.05, 0) is 55.7 Å². The fourth-order valence-corrected chi connectivity index (χ4v) is 6.28. The minimum absolute atomic E-state index is 0.0609. The third-order valence-corrected chi connectivity index (χ3v) is 8.88. The van der Waals surface area contributed by atoms with Crippen LogP contribution in [0.2, 0.25) is 0 Å². The summed E-state index contributed by atoms with van der Waals surface area (Å²) < 4.78 is 11.0. The lowest BCUT2D eigenvalue weighted by atomic mass is 10.0. The van der Waals surface area contributed by atoms with Crippen molar-refractivity contribution in [3.05, 3.63) is 65.7 Å². The van der Waals surface area contributed by atoms with Crippen LogP contribution >= 0.6 is 0 Å². The molecule has 48 heavy (non-hydrogen) atoms. The van der Waals surface area contributed by atoms with Gasteiger partial charge in [-0.2, -0.15) is 0 Å². The van der Waals surface area contributed by atoms with Crippen LogP contribution in [0.15, 0.2) is 54.6 Å². The van der Waals surface area contributed by atoms with E-state index in [4.69, 9.17) is 9.47 Å². The molecule has 2 heterocycles. The van der Waals surface area contributed by atoms with Crippen LogP contribution in [-0.4, -0.2) is 90.9 Å². The molecule has 0 unspecified atom stereocenters. The van der Waals surface area contributed by atoms with Crippen molar-refractivity contribution in [3.63, 3.8) is 0 Å². The van der Waals surface area contributed by atoms with E-state index < -0.39 is 30.0 Å². The number of cyclic esters (lactones) is 1. The zero-order valence-electron chi connectivity index (χ0n) is 28.5. The number of esters is 1. The van der Waals surface area contributed by atoms with Gasteiger partial charge in [-0.3, -0.25) is 19.2 Å². The SMILES string of the molecule is CC(C)C[C@H]1NC(=O)c2ccccc2OCC(=O)OCCCCCCCNC(=O)[C@H](Cc2ccccc2)N(C)C(=O)[C@H]2CCCN2C1=O. The van der Waals surface area contributed by atoms with Crippen molar-refractivity contribution in [2.24, 2.45) is 5.92 Å². The summed E-state index contributed by atoms with van der Waals surface area (Å²) in [6, 6.07) is 13.7. The topological polar surface area (TPSA) is 134 Å². The molecule has 1 saturated heterocycles. The Kier molecular flexibility index (Phi) is 13.8. The number of likely N-dealkylation sites (N-methyl/N-ethyl adjacent to an activating group) is 1. The Bertz CT molecular complexity index is 1400. The van der Waals surface area contributed by atoms with Crippen LogP contribution in [-0.2, 0) is 30.3 Å². The van der Waals surface area contributed by atoms with Gasteiger partial charge in [-0.25, -0.2) is 4.79 Å². The Morgan fingerprint density at radius 1 is 0.833 bits per heavy atom. The summed E-state index contributed by atoms with van der Waals surface area (Å²) in [6.07, 6.45) is 5.94. The molecule has 4 rings (SSSR count). The maximum absolute atomic E-state index is 14.1. The first-order valence-corrected chi connectivity index (χ1v) is 17.2. The quantitative estimate of drug-likeness (QED) is 0.475. The van der Waals surface area contributed by atoms with E-state index in [2.05, 4.69) is 10.6 Å². The molecule has 0 radical (unpaired) electrons. The Morgan fingerprint density at radius 2 is 1.54 bits per heavy atom. The molecule has 2 aromatic rings. The first-order chi connectivity index (χ1) is 23.2. The van der Waals surface area contributed by atoms with Crippen LogP contribution < -0.4 is 15.4 Å². The number of rotatable bonds is 4. The average Bonchev–Trinajstić information content (AvgIpc) is 3.57. The summed E-state index contributed by atoms with van der Waals surface area (Å²) in [7, 11) is 1.64. The second kappa shape index (κ2) is 18.2. The van der Waals surface area contributed by atoms with E-state index in [0.29, 0.717) is 45.2 Å². The van der Waals surface area contributed by atoms with Gasteiger partial charge < -0.3 is 29.9 Å². The number of amides is 4. The van der Waals surface area contributed by atoms with Gasteiger partial charge in [0.2, 0.25) is 17.7 Å². The van der Waals surface area contributed by atoms with Gasteiger partial charge in [0.1, 0.15) is 23.9 Å².